The van der Waals surface area contributed by atoms with E-state index in [0.717, 1.165) is 17.8 Å². The molecule has 174 valence electrons. The highest BCUT2D eigenvalue weighted by atomic mass is 32.2. The Bertz CT molecular complexity index is 1170. The topological polar surface area (TPSA) is 89.6 Å². The van der Waals surface area contributed by atoms with E-state index < -0.39 is 34.5 Å². The van der Waals surface area contributed by atoms with Gasteiger partial charge in [-0.05, 0) is 44.9 Å². The van der Waals surface area contributed by atoms with Crippen LogP contribution in [0.4, 0.5) is 18.9 Å². The molecule has 1 aliphatic heterocycles. The van der Waals surface area contributed by atoms with Gasteiger partial charge in [-0.25, -0.2) is 18.2 Å². The molecule has 0 radical (unpaired) electrons. The summed E-state index contributed by atoms with van der Waals surface area (Å²) in [6.07, 6.45) is 6.57. The van der Waals surface area contributed by atoms with Crippen molar-refractivity contribution in [2.75, 3.05) is 18.6 Å². The number of ether oxygens (including phenoxy) is 1. The van der Waals surface area contributed by atoms with Crippen LogP contribution in [0.1, 0.15) is 41.9 Å². The van der Waals surface area contributed by atoms with Crippen molar-refractivity contribution in [3.8, 4) is 18.1 Å². The molecule has 1 aliphatic rings. The van der Waals surface area contributed by atoms with Crippen LogP contribution in [0.5, 0.6) is 5.75 Å². The summed E-state index contributed by atoms with van der Waals surface area (Å²) in [7, 11) is 0. The van der Waals surface area contributed by atoms with E-state index in [-0.39, 0.29) is 35.1 Å². The monoisotopic (exact) mass is 476 g/mol. The molecule has 2 heterocycles. The van der Waals surface area contributed by atoms with Crippen LogP contribution in [0, 0.1) is 30.9 Å². The molecule has 0 unspecified atom stereocenters. The first-order valence-corrected chi connectivity index (χ1v) is 10.8. The summed E-state index contributed by atoms with van der Waals surface area (Å²) in [6.45, 7) is 4.17. The first kappa shape index (κ1) is 24.5. The number of carbonyl (C=O) groups excluding carboxylic acids is 1. The quantitative estimate of drug-likeness (QED) is 0.606. The number of nitrogens with zero attached hydrogens (tertiary/aromatic N) is 2. The van der Waals surface area contributed by atoms with Crippen LogP contribution >= 0.6 is 11.8 Å². The Morgan fingerprint density at radius 1 is 1.36 bits per heavy atom. The van der Waals surface area contributed by atoms with Crippen molar-refractivity contribution in [2.24, 2.45) is 10.7 Å². The van der Waals surface area contributed by atoms with Crippen molar-refractivity contribution in [3.05, 3.63) is 52.9 Å². The molecule has 3 N–H and O–H groups in total. The summed E-state index contributed by atoms with van der Waals surface area (Å²) < 4.78 is 47.3. The molecule has 0 spiro atoms. The number of carbonyl (C=O) groups is 1. The number of thioether (sulfide) groups is 1. The molecule has 0 fully saturated rings. The number of aromatic nitrogens is 1. The van der Waals surface area contributed by atoms with E-state index in [1.54, 1.807) is 26.8 Å². The molecule has 1 amide bonds. The summed E-state index contributed by atoms with van der Waals surface area (Å²) in [5, 5.41) is 2.61. The van der Waals surface area contributed by atoms with Crippen LogP contribution in [0.2, 0.25) is 0 Å². The number of amides is 1. The van der Waals surface area contributed by atoms with Gasteiger partial charge in [0.1, 0.15) is 24.7 Å². The molecule has 3 rings (SSSR count). The van der Waals surface area contributed by atoms with Crippen molar-refractivity contribution in [2.45, 2.75) is 37.5 Å². The van der Waals surface area contributed by atoms with E-state index in [1.165, 1.54) is 12.3 Å². The second-order valence-electron chi connectivity index (χ2n) is 8.19. The number of hydrogen-bond donors (Lipinski definition) is 2. The molecular formula is C23H23F3N4O2S. The first-order chi connectivity index (χ1) is 15.5. The molecule has 6 nitrogen and oxygen atoms in total. The predicted octanol–water partition coefficient (Wildman–Crippen LogP) is 4.33. The van der Waals surface area contributed by atoms with Gasteiger partial charge in [0.25, 0.3) is 5.91 Å². The lowest BCUT2D eigenvalue weighted by atomic mass is 9.83. The van der Waals surface area contributed by atoms with Gasteiger partial charge in [0, 0.05) is 17.3 Å². The Hall–Kier alpha value is -3.19. The average Bonchev–Trinajstić information content (AvgIpc) is 2.73. The van der Waals surface area contributed by atoms with Crippen molar-refractivity contribution >= 4 is 28.5 Å². The smallest absolute Gasteiger partial charge is 0.274 e. The number of halogens is 3. The summed E-state index contributed by atoms with van der Waals surface area (Å²) in [4.78, 5) is 21.1. The fraction of sp³-hybridized carbons (Fsp3) is 0.348. The summed E-state index contributed by atoms with van der Waals surface area (Å²) in [5.41, 5.74) is 4.98. The van der Waals surface area contributed by atoms with Gasteiger partial charge in [0.2, 0.25) is 0 Å². The lowest BCUT2D eigenvalue weighted by Crippen LogP contribution is -2.42. The van der Waals surface area contributed by atoms with Crippen LogP contribution in [0.3, 0.4) is 0 Å². The zero-order chi connectivity index (χ0) is 24.4. The van der Waals surface area contributed by atoms with Gasteiger partial charge < -0.3 is 15.8 Å². The van der Waals surface area contributed by atoms with Gasteiger partial charge in [-0.3, -0.25) is 9.79 Å². The Morgan fingerprint density at radius 3 is 2.73 bits per heavy atom. The third-order valence-corrected chi connectivity index (χ3v) is 6.21. The molecule has 2 atom stereocenters. The van der Waals surface area contributed by atoms with E-state index in [1.807, 2.05) is 0 Å². The van der Waals surface area contributed by atoms with Crippen LogP contribution in [-0.4, -0.2) is 34.1 Å². The highest BCUT2D eigenvalue weighted by Crippen LogP contribution is 2.46. The highest BCUT2D eigenvalue weighted by Gasteiger charge is 2.44. The molecule has 0 aliphatic carbocycles. The highest BCUT2D eigenvalue weighted by molar-refractivity contribution is 8.15. The number of aliphatic imine (C=N–C) groups is 1. The number of benzene rings is 1. The van der Waals surface area contributed by atoms with Gasteiger partial charge in [-0.15, -0.1) is 6.42 Å². The normalized spacial score (nSPS) is 22.3. The largest absolute Gasteiger partial charge is 0.479 e. The number of aryl methyl sites for hydroxylation is 1. The molecule has 2 aromatic rings. The maximum Gasteiger partial charge on any atom is 0.274 e. The van der Waals surface area contributed by atoms with Crippen molar-refractivity contribution in [1.82, 2.24) is 4.98 Å². The second kappa shape index (κ2) is 9.35. The molecule has 1 aromatic carbocycles. The van der Waals surface area contributed by atoms with E-state index in [0.29, 0.717) is 11.3 Å². The number of nitrogens with two attached hydrogens (primary N) is 1. The Balaban J connectivity index is 1.93. The predicted molar refractivity (Wildman–Crippen MR) is 123 cm³/mol. The molecule has 33 heavy (non-hydrogen) atoms. The standard InChI is InChI=1S/C23H23F3N4O2S/c1-5-6-32-15-7-13(2)19(28-10-15)20(31)29-14-8-16(18(26)17(25)9-14)23(4)11-22(3,12-24)33-21(27)30-23/h1,7-10H,6,11-12H2,2-4H3,(H2,27,30)(H,29,31)/t22-,23+/m1/s1. The second-order valence-corrected chi connectivity index (χ2v) is 9.80. The fourth-order valence-electron chi connectivity index (χ4n) is 3.79. The number of hydrogen-bond acceptors (Lipinski definition) is 6. The molecule has 10 heteroatoms. The maximum atomic E-state index is 14.8. The maximum absolute atomic E-state index is 14.8. The van der Waals surface area contributed by atoms with Crippen LogP contribution in [0.25, 0.3) is 0 Å². The van der Waals surface area contributed by atoms with Crippen LogP contribution in [0.15, 0.2) is 29.4 Å². The molecule has 0 saturated carbocycles. The van der Waals surface area contributed by atoms with Crippen molar-refractivity contribution in [1.29, 1.82) is 0 Å². The number of pyridine rings is 1. The van der Waals surface area contributed by atoms with Gasteiger partial charge in [0.15, 0.2) is 16.8 Å². The third kappa shape index (κ3) is 5.25. The van der Waals surface area contributed by atoms with E-state index in [4.69, 9.17) is 16.9 Å². The zero-order valence-corrected chi connectivity index (χ0v) is 19.2. The number of amidine groups is 1. The van der Waals surface area contributed by atoms with Crippen molar-refractivity contribution < 1.29 is 22.7 Å². The molecular weight excluding hydrogens is 453 g/mol. The van der Waals surface area contributed by atoms with Gasteiger partial charge in [-0.1, -0.05) is 17.7 Å². The number of rotatable bonds is 6. The Kier molecular flexibility index (Phi) is 6.93. The average molecular weight is 477 g/mol. The number of terminal acetylenes is 1. The number of alkyl halides is 1. The van der Waals surface area contributed by atoms with E-state index in [9.17, 15) is 18.0 Å². The Morgan fingerprint density at radius 2 is 2.09 bits per heavy atom. The minimum atomic E-state index is -1.33. The van der Waals surface area contributed by atoms with Crippen molar-refractivity contribution in [3.63, 3.8) is 0 Å². The summed E-state index contributed by atoms with van der Waals surface area (Å²) >= 11 is 1.05. The molecule has 0 bridgehead atoms. The first-order valence-electron chi connectivity index (χ1n) is 9.94. The molecule has 0 saturated heterocycles. The summed E-state index contributed by atoms with van der Waals surface area (Å²) in [6, 6.07) is 3.73. The van der Waals surface area contributed by atoms with E-state index >= 15 is 0 Å². The minimum absolute atomic E-state index is 0.00191. The summed E-state index contributed by atoms with van der Waals surface area (Å²) in [5.74, 6) is -0.223. The lowest BCUT2D eigenvalue weighted by molar-refractivity contribution is 0.102. The van der Waals surface area contributed by atoms with Gasteiger partial charge >= 0.3 is 0 Å². The van der Waals surface area contributed by atoms with Gasteiger partial charge in [0.05, 0.1) is 16.5 Å². The SMILES string of the molecule is C#CCOc1cnc(C(=O)Nc2cc(F)c(F)c([C@]3(C)C[C@](C)(CF)SC(N)=N3)c2)c(C)c1. The van der Waals surface area contributed by atoms with Gasteiger partial charge in [-0.2, -0.15) is 0 Å². The fourth-order valence-corrected chi connectivity index (χ4v) is 4.95. The van der Waals surface area contributed by atoms with E-state index in [2.05, 4.69) is 21.2 Å². The van der Waals surface area contributed by atoms with Crippen LogP contribution < -0.4 is 15.8 Å². The number of anilines is 1. The minimum Gasteiger partial charge on any atom is -0.479 e. The number of nitrogens with one attached hydrogen (secondary N) is 1. The third-order valence-electron chi connectivity index (χ3n) is 5.17. The zero-order valence-electron chi connectivity index (χ0n) is 18.3. The molecule has 1 aromatic heterocycles. The Labute approximate surface area is 194 Å². The van der Waals surface area contributed by atoms with Crippen LogP contribution in [-0.2, 0) is 5.54 Å². The lowest BCUT2D eigenvalue weighted by Gasteiger charge is -2.39.